The van der Waals surface area contributed by atoms with Crippen LogP contribution in [0.2, 0.25) is 0 Å². The van der Waals surface area contributed by atoms with Crippen LogP contribution < -0.4 is 0 Å². The first-order valence-electron chi connectivity index (χ1n) is 12.4. The molecule has 39 heavy (non-hydrogen) atoms. The molecule has 4 aromatic rings. The lowest BCUT2D eigenvalue weighted by Gasteiger charge is -2.41. The SMILES string of the molecule is Cc1cc2c(cnn2-c2ccc(F)cc2)cc1[C@H]1CN(S(=O)(=O)c2cnn(C)c2C)CCN1CCC(F)(F)F. The summed E-state index contributed by atoms with van der Waals surface area (Å²) < 4.78 is 84.5. The average Bonchev–Trinajstić information content (AvgIpc) is 3.44. The van der Waals surface area contributed by atoms with E-state index in [1.54, 1.807) is 41.9 Å². The van der Waals surface area contributed by atoms with Crippen molar-refractivity contribution in [2.24, 2.45) is 7.05 Å². The number of hydrogen-bond acceptors (Lipinski definition) is 5. The number of sulfonamides is 1. The number of alkyl halides is 3. The fourth-order valence-electron chi connectivity index (χ4n) is 5.06. The molecule has 0 saturated carbocycles. The van der Waals surface area contributed by atoms with E-state index in [4.69, 9.17) is 0 Å². The van der Waals surface area contributed by atoms with Gasteiger partial charge in [-0.05, 0) is 61.4 Å². The van der Waals surface area contributed by atoms with E-state index in [2.05, 4.69) is 10.2 Å². The minimum atomic E-state index is -4.34. The zero-order valence-electron chi connectivity index (χ0n) is 21.7. The second-order valence-corrected chi connectivity index (χ2v) is 11.7. The van der Waals surface area contributed by atoms with Gasteiger partial charge >= 0.3 is 6.18 Å². The van der Waals surface area contributed by atoms with Crippen LogP contribution in [0.5, 0.6) is 0 Å². The maximum absolute atomic E-state index is 13.5. The fourth-order valence-corrected chi connectivity index (χ4v) is 6.68. The van der Waals surface area contributed by atoms with Crippen LogP contribution >= 0.6 is 0 Å². The van der Waals surface area contributed by atoms with E-state index in [1.807, 2.05) is 19.1 Å². The van der Waals surface area contributed by atoms with Crippen molar-refractivity contribution in [2.75, 3.05) is 26.2 Å². The highest BCUT2D eigenvalue weighted by Crippen LogP contribution is 2.35. The molecule has 3 heterocycles. The van der Waals surface area contributed by atoms with Crippen molar-refractivity contribution < 1.29 is 26.0 Å². The third-order valence-electron chi connectivity index (χ3n) is 7.33. The molecule has 1 aliphatic rings. The predicted octanol–water partition coefficient (Wildman–Crippen LogP) is 4.51. The monoisotopic (exact) mass is 564 g/mol. The van der Waals surface area contributed by atoms with Crippen LogP contribution in [0.3, 0.4) is 0 Å². The van der Waals surface area contributed by atoms with E-state index in [0.29, 0.717) is 11.4 Å². The molecule has 0 bridgehead atoms. The van der Waals surface area contributed by atoms with Gasteiger partial charge in [0.25, 0.3) is 0 Å². The number of fused-ring (bicyclic) bond motifs is 1. The molecule has 208 valence electrons. The van der Waals surface area contributed by atoms with Crippen molar-refractivity contribution in [3.05, 3.63) is 71.4 Å². The van der Waals surface area contributed by atoms with Crippen molar-refractivity contribution in [3.8, 4) is 5.69 Å². The minimum absolute atomic E-state index is 0.00697. The number of benzene rings is 2. The zero-order chi connectivity index (χ0) is 28.1. The highest BCUT2D eigenvalue weighted by atomic mass is 32.2. The number of piperazine rings is 1. The second-order valence-electron chi connectivity index (χ2n) is 9.80. The summed E-state index contributed by atoms with van der Waals surface area (Å²) in [6.45, 7) is 3.46. The maximum Gasteiger partial charge on any atom is 0.390 e. The molecule has 0 radical (unpaired) electrons. The Balaban J connectivity index is 1.53. The quantitative estimate of drug-likeness (QED) is 0.322. The Hall–Kier alpha value is -3.29. The molecule has 5 rings (SSSR count). The number of aromatic nitrogens is 4. The number of nitrogens with zero attached hydrogens (tertiary/aromatic N) is 6. The molecule has 1 fully saturated rings. The van der Waals surface area contributed by atoms with Crippen LogP contribution in [-0.4, -0.2) is 69.5 Å². The minimum Gasteiger partial charge on any atom is -0.293 e. The maximum atomic E-state index is 13.5. The van der Waals surface area contributed by atoms with Crippen LogP contribution in [0.1, 0.15) is 29.3 Å². The van der Waals surface area contributed by atoms with Gasteiger partial charge in [0.2, 0.25) is 10.0 Å². The van der Waals surface area contributed by atoms with Gasteiger partial charge in [0.1, 0.15) is 10.7 Å². The van der Waals surface area contributed by atoms with E-state index in [9.17, 15) is 26.0 Å². The van der Waals surface area contributed by atoms with Crippen LogP contribution in [0, 0.1) is 19.7 Å². The lowest BCUT2D eigenvalue weighted by Crippen LogP contribution is -2.51. The van der Waals surface area contributed by atoms with Crippen LogP contribution in [-0.2, 0) is 17.1 Å². The standard InChI is InChI=1S/C26H28F4N6O2S/c1-17-12-23-19(14-32-36(23)21-6-4-20(27)5-7-21)13-22(17)24-16-35(11-10-34(24)9-8-26(28,29)30)39(37,38)25-15-31-33(3)18(25)2/h4-7,12-15,24H,8-11,16H2,1-3H3/t24-/m1/s1. The number of aryl methyl sites for hydroxylation is 2. The normalized spacial score (nSPS) is 17.8. The Labute approximate surface area is 223 Å². The molecule has 0 amide bonds. The van der Waals surface area contributed by atoms with Crippen LogP contribution in [0.25, 0.3) is 16.6 Å². The Bertz CT molecular complexity index is 1610. The molecular formula is C26H28F4N6O2S. The second kappa shape index (κ2) is 10.0. The number of hydrogen-bond donors (Lipinski definition) is 0. The zero-order valence-corrected chi connectivity index (χ0v) is 22.5. The first kappa shape index (κ1) is 27.3. The van der Waals surface area contributed by atoms with Gasteiger partial charge in [-0.25, -0.2) is 17.5 Å². The Morgan fingerprint density at radius 3 is 2.38 bits per heavy atom. The van der Waals surface area contributed by atoms with Gasteiger partial charge in [0.15, 0.2) is 0 Å². The first-order valence-corrected chi connectivity index (χ1v) is 13.8. The van der Waals surface area contributed by atoms with Gasteiger partial charge in [-0.1, -0.05) is 0 Å². The average molecular weight is 565 g/mol. The Morgan fingerprint density at radius 2 is 1.74 bits per heavy atom. The van der Waals surface area contributed by atoms with Gasteiger partial charge in [0, 0.05) is 44.7 Å². The summed E-state index contributed by atoms with van der Waals surface area (Å²) in [5.74, 6) is -0.370. The van der Waals surface area contributed by atoms with Gasteiger partial charge < -0.3 is 0 Å². The molecule has 2 aromatic carbocycles. The van der Waals surface area contributed by atoms with E-state index in [-0.39, 0.29) is 36.9 Å². The van der Waals surface area contributed by atoms with Crippen LogP contribution in [0.4, 0.5) is 17.6 Å². The van der Waals surface area contributed by atoms with Crippen molar-refractivity contribution in [2.45, 2.75) is 37.4 Å². The van der Waals surface area contributed by atoms with Crippen LogP contribution in [0.15, 0.2) is 53.7 Å². The largest absolute Gasteiger partial charge is 0.390 e. The third kappa shape index (κ3) is 5.30. The van der Waals surface area contributed by atoms with Crippen molar-refractivity contribution in [1.82, 2.24) is 28.8 Å². The topological polar surface area (TPSA) is 76.3 Å². The van der Waals surface area contributed by atoms with Crippen molar-refractivity contribution in [3.63, 3.8) is 0 Å². The molecule has 13 heteroatoms. The summed E-state index contributed by atoms with van der Waals surface area (Å²) in [4.78, 5) is 1.79. The van der Waals surface area contributed by atoms with E-state index in [1.165, 1.54) is 27.3 Å². The molecule has 0 aliphatic carbocycles. The summed E-state index contributed by atoms with van der Waals surface area (Å²) in [6.07, 6.45) is -2.40. The summed E-state index contributed by atoms with van der Waals surface area (Å²) in [5, 5.41) is 9.22. The molecule has 0 unspecified atom stereocenters. The number of halogens is 4. The predicted molar refractivity (Wildman–Crippen MR) is 137 cm³/mol. The highest BCUT2D eigenvalue weighted by molar-refractivity contribution is 7.89. The summed E-state index contributed by atoms with van der Waals surface area (Å²) >= 11 is 0. The summed E-state index contributed by atoms with van der Waals surface area (Å²) in [6, 6.07) is 9.01. The fraction of sp³-hybridized carbons (Fsp3) is 0.385. The lowest BCUT2D eigenvalue weighted by atomic mass is 9.96. The smallest absolute Gasteiger partial charge is 0.293 e. The molecule has 0 N–H and O–H groups in total. The molecule has 2 aromatic heterocycles. The molecule has 1 aliphatic heterocycles. The summed E-state index contributed by atoms with van der Waals surface area (Å²) in [5.41, 5.74) is 3.40. The third-order valence-corrected chi connectivity index (χ3v) is 9.30. The molecule has 1 saturated heterocycles. The molecule has 1 atom stereocenters. The molecule has 8 nitrogen and oxygen atoms in total. The van der Waals surface area contributed by atoms with E-state index < -0.39 is 28.7 Å². The Kier molecular flexibility index (Phi) is 7.02. The first-order chi connectivity index (χ1) is 18.3. The highest BCUT2D eigenvalue weighted by Gasteiger charge is 2.38. The number of rotatable bonds is 6. The lowest BCUT2D eigenvalue weighted by molar-refractivity contribution is -0.140. The van der Waals surface area contributed by atoms with Gasteiger partial charge in [-0.15, -0.1) is 0 Å². The van der Waals surface area contributed by atoms with Crippen molar-refractivity contribution >= 4 is 20.9 Å². The van der Waals surface area contributed by atoms with Crippen molar-refractivity contribution in [1.29, 1.82) is 0 Å². The van der Waals surface area contributed by atoms with E-state index >= 15 is 0 Å². The van der Waals surface area contributed by atoms with Gasteiger partial charge in [-0.3, -0.25) is 9.58 Å². The summed E-state index contributed by atoms with van der Waals surface area (Å²) in [7, 11) is -2.27. The van der Waals surface area contributed by atoms with Gasteiger partial charge in [0.05, 0.1) is 35.7 Å². The Morgan fingerprint density at radius 1 is 1.03 bits per heavy atom. The van der Waals surface area contributed by atoms with Gasteiger partial charge in [-0.2, -0.15) is 27.7 Å². The molecule has 0 spiro atoms. The van der Waals surface area contributed by atoms with E-state index in [0.717, 1.165) is 22.0 Å². The molecular weight excluding hydrogens is 536 g/mol.